The highest BCUT2D eigenvalue weighted by Crippen LogP contribution is 2.60. The van der Waals surface area contributed by atoms with E-state index in [1.807, 2.05) is 6.92 Å². The van der Waals surface area contributed by atoms with Gasteiger partial charge in [0.25, 0.3) is 0 Å². The van der Waals surface area contributed by atoms with Crippen LogP contribution in [0.15, 0.2) is 41.4 Å². The van der Waals surface area contributed by atoms with Gasteiger partial charge in [0.05, 0.1) is 37.6 Å². The fraction of sp³-hybridized carbons (Fsp3) is 0.808. The number of nitrogens with two attached hydrogens (primary N) is 1. The van der Waals surface area contributed by atoms with E-state index in [-0.39, 0.29) is 25.1 Å². The number of carbonyl (C=O) groups excluding carboxylic acids is 2. The molecule has 2 fully saturated rings. The van der Waals surface area contributed by atoms with Crippen LogP contribution in [-0.2, 0) is 46.3 Å². The summed E-state index contributed by atoms with van der Waals surface area (Å²) in [6, 6.07) is 1.26. The third-order valence-electron chi connectivity index (χ3n) is 13.6. The van der Waals surface area contributed by atoms with Crippen LogP contribution in [0.1, 0.15) is 193 Å². The number of unbranched alkanes of at least 4 members (excludes halogenated alkanes) is 15. The number of allylic oxidation sites excluding steroid dienone is 2. The van der Waals surface area contributed by atoms with Crippen LogP contribution in [0.2, 0.25) is 0 Å². The summed E-state index contributed by atoms with van der Waals surface area (Å²) in [6.07, 6.45) is 15.9. The van der Waals surface area contributed by atoms with E-state index in [1.165, 1.54) is 62.9 Å². The number of nitrogen functional groups attached to an aromatic ring is 1. The average Bonchev–Trinajstić information content (AvgIpc) is 3.35. The Morgan fingerprint density at radius 1 is 0.800 bits per heavy atom. The molecule has 23 heteroatoms. The van der Waals surface area contributed by atoms with E-state index < -0.39 is 120 Å². The molecule has 1 aromatic rings. The van der Waals surface area contributed by atoms with Gasteiger partial charge in [-0.05, 0) is 57.4 Å². The van der Waals surface area contributed by atoms with Crippen LogP contribution in [0.25, 0.3) is 0 Å². The first-order chi connectivity index (χ1) is 35.9. The molecule has 75 heavy (non-hydrogen) atoms. The molecular weight excluding hydrogens is 1020 g/mol. The van der Waals surface area contributed by atoms with Crippen LogP contribution in [-0.4, -0.2) is 119 Å². The third kappa shape index (κ3) is 27.5. The predicted molar refractivity (Wildman–Crippen MR) is 282 cm³/mol. The number of aromatic nitrogens is 2. The van der Waals surface area contributed by atoms with Crippen molar-refractivity contribution in [1.29, 1.82) is 0 Å². The summed E-state index contributed by atoms with van der Waals surface area (Å²) in [5.74, 6) is -3.99. The number of phosphoric ester groups is 2. The lowest BCUT2D eigenvalue weighted by atomic mass is 9.82. The number of rotatable bonds is 25. The molecule has 0 radical (unpaired) electrons. The second kappa shape index (κ2) is 37.1. The second-order valence-electron chi connectivity index (χ2n) is 20.0. The van der Waals surface area contributed by atoms with Crippen LogP contribution in [0.3, 0.4) is 0 Å². The SMILES string of the molecule is CCCCCCCC/C=C\CCCCCCCCCC(=O)O[C@@H]1COC(=O)CCCCCC[C@@H]2[C@H](n3ccc(N)nc3=O)O[C@H](COP(=O)(O)OP(=O)(O)OC1)[C@@H](O)[C@@H](O)[C@@H](/C=C/[C@@H](O)CCCCC)[C@H](O)C[C@@H]2O. The Balaban J connectivity index is 1.74. The summed E-state index contributed by atoms with van der Waals surface area (Å²) in [4.78, 5) is 64.4. The summed E-state index contributed by atoms with van der Waals surface area (Å²) in [5.41, 5.74) is 4.82. The van der Waals surface area contributed by atoms with Crippen LogP contribution in [0.4, 0.5) is 5.82 Å². The predicted octanol–water partition coefficient (Wildman–Crippen LogP) is 8.16. The zero-order valence-electron chi connectivity index (χ0n) is 44.4. The third-order valence-corrected chi connectivity index (χ3v) is 16.2. The van der Waals surface area contributed by atoms with E-state index in [2.05, 4.69) is 28.4 Å². The number of anilines is 1. The maximum Gasteiger partial charge on any atom is 0.481 e. The van der Waals surface area contributed by atoms with Crippen LogP contribution < -0.4 is 11.4 Å². The lowest BCUT2D eigenvalue weighted by molar-refractivity contribution is -0.195. The summed E-state index contributed by atoms with van der Waals surface area (Å²) in [6.45, 7) is 1.55. The molecule has 2 aliphatic heterocycles. The molecule has 12 atom stereocenters. The van der Waals surface area contributed by atoms with Crippen molar-refractivity contribution in [2.24, 2.45) is 11.8 Å². The maximum atomic E-state index is 13.4. The highest BCUT2D eigenvalue weighted by atomic mass is 31.3. The number of aliphatic hydroxyl groups is 5. The summed E-state index contributed by atoms with van der Waals surface area (Å²) >= 11 is 0. The molecule has 0 aliphatic carbocycles. The number of fused-ring (bicyclic) bond motifs is 3. The van der Waals surface area contributed by atoms with Crippen LogP contribution >= 0.6 is 15.6 Å². The second-order valence-corrected chi connectivity index (χ2v) is 23.1. The van der Waals surface area contributed by atoms with Crippen molar-refractivity contribution in [3.8, 4) is 0 Å². The summed E-state index contributed by atoms with van der Waals surface area (Å²) in [7, 11) is -11.3. The van der Waals surface area contributed by atoms with Gasteiger partial charge < -0.3 is 55.3 Å². The standard InChI is InChI=1S/C52H91N3O18P2/c1-3-5-7-8-9-10-11-12-13-14-15-16-17-18-19-20-26-30-48(60)71-40-36-68-47(59)29-25-22-21-24-28-42-44(58)35-43(57)41(32-31-39(56)27-23-6-4-2)49(61)50(62)45(38-70-75(66,67)73-74(64,65)69-37-40)72-51(42)55-34-33-46(53)54-52(55)63/h12-13,31-34,39-45,49-51,56-58,61-62H,3-11,14-30,35-38H2,1-2H3,(H,64,65)(H,66,67)(H2,53,54,63)/b13-12-,32-31+/t39-,40+,41-,42-,43+,44-,45+,49-,50+,51+/m0/s1. The summed E-state index contributed by atoms with van der Waals surface area (Å²) < 4.78 is 59.3. The normalized spacial score (nSPS) is 29.9. The van der Waals surface area contributed by atoms with Gasteiger partial charge in [0.2, 0.25) is 0 Å². The van der Waals surface area contributed by atoms with E-state index in [0.29, 0.717) is 44.9 Å². The van der Waals surface area contributed by atoms with Crippen molar-refractivity contribution in [1.82, 2.24) is 9.55 Å². The number of carbonyl (C=O) groups is 2. The van der Waals surface area contributed by atoms with E-state index in [4.69, 9.17) is 29.0 Å². The molecule has 3 heterocycles. The molecule has 0 amide bonds. The zero-order valence-corrected chi connectivity index (χ0v) is 46.2. The Morgan fingerprint density at radius 2 is 1.40 bits per heavy atom. The van der Waals surface area contributed by atoms with Gasteiger partial charge in [0, 0.05) is 37.3 Å². The Morgan fingerprint density at radius 3 is 2.05 bits per heavy atom. The highest BCUT2D eigenvalue weighted by Gasteiger charge is 2.45. The van der Waals surface area contributed by atoms with Gasteiger partial charge in [-0.15, -0.1) is 0 Å². The number of hydrogen-bond donors (Lipinski definition) is 8. The van der Waals surface area contributed by atoms with Gasteiger partial charge in [-0.3, -0.25) is 23.2 Å². The molecule has 2 saturated heterocycles. The number of cyclic esters (lactones) is 1. The van der Waals surface area contributed by atoms with Crippen molar-refractivity contribution < 1.29 is 81.6 Å². The number of phosphoric acid groups is 2. The molecule has 2 aliphatic rings. The maximum absolute atomic E-state index is 13.4. The molecule has 3 rings (SSSR count). The van der Waals surface area contributed by atoms with Gasteiger partial charge in [0.1, 0.15) is 30.9 Å². The van der Waals surface area contributed by atoms with Crippen molar-refractivity contribution in [2.45, 2.75) is 236 Å². The first kappa shape index (κ1) is 66.4. The van der Waals surface area contributed by atoms with E-state index in [0.717, 1.165) is 68.8 Å². The highest BCUT2D eigenvalue weighted by molar-refractivity contribution is 7.61. The van der Waals surface area contributed by atoms with Gasteiger partial charge in [0.15, 0.2) is 6.10 Å². The molecule has 0 aromatic carbocycles. The smallest absolute Gasteiger partial charge is 0.462 e. The summed E-state index contributed by atoms with van der Waals surface area (Å²) in [5, 5.41) is 57.6. The van der Waals surface area contributed by atoms with Crippen LogP contribution in [0.5, 0.6) is 0 Å². The minimum Gasteiger partial charge on any atom is -0.462 e. The van der Waals surface area contributed by atoms with Gasteiger partial charge in [-0.2, -0.15) is 9.29 Å². The Hall–Kier alpha value is -2.88. The van der Waals surface area contributed by atoms with Crippen LogP contribution in [0, 0.1) is 11.8 Å². The lowest BCUT2D eigenvalue weighted by Gasteiger charge is -2.41. The monoisotopic (exact) mass is 1110 g/mol. The molecular formula is C52H91N3O18P2. The van der Waals surface area contributed by atoms with Crippen molar-refractivity contribution in [3.05, 3.63) is 47.1 Å². The first-order valence-corrected chi connectivity index (χ1v) is 30.6. The minimum atomic E-state index is -5.70. The van der Waals surface area contributed by atoms with Gasteiger partial charge in [-0.1, -0.05) is 141 Å². The number of aliphatic hydroxyl groups excluding tert-OH is 5. The Kier molecular flexibility index (Phi) is 32.8. The number of nitrogens with zero attached hydrogens (tertiary/aromatic N) is 2. The lowest BCUT2D eigenvalue weighted by Crippen LogP contribution is -2.52. The molecule has 9 N–H and O–H groups in total. The first-order valence-electron chi connectivity index (χ1n) is 27.6. The topological polar surface area (TPSA) is 326 Å². The van der Waals surface area contributed by atoms with E-state index in [1.54, 1.807) is 0 Å². The molecule has 432 valence electrons. The van der Waals surface area contributed by atoms with E-state index >= 15 is 0 Å². The average molecular weight is 1110 g/mol. The molecule has 21 nitrogen and oxygen atoms in total. The fourth-order valence-electron chi connectivity index (χ4n) is 9.21. The molecule has 2 bridgehead atoms. The Labute approximate surface area is 443 Å². The van der Waals surface area contributed by atoms with Crippen molar-refractivity contribution in [3.63, 3.8) is 0 Å². The quantitative estimate of drug-likeness (QED) is 0.0198. The van der Waals surface area contributed by atoms with Gasteiger partial charge >= 0.3 is 33.3 Å². The molecule has 1 aromatic heterocycles. The minimum absolute atomic E-state index is 0.00378. The fourth-order valence-corrected chi connectivity index (χ4v) is 11.3. The molecule has 0 saturated carbocycles. The van der Waals surface area contributed by atoms with Crippen molar-refractivity contribution >= 4 is 33.4 Å². The molecule has 0 spiro atoms. The van der Waals surface area contributed by atoms with E-state index in [9.17, 15) is 58.8 Å². The number of ether oxygens (including phenoxy) is 3. The largest absolute Gasteiger partial charge is 0.481 e. The van der Waals surface area contributed by atoms with Gasteiger partial charge in [-0.25, -0.2) is 13.9 Å². The van der Waals surface area contributed by atoms with Crippen molar-refractivity contribution in [2.75, 3.05) is 25.6 Å². The number of esters is 2. The number of hydrogen-bond acceptors (Lipinski definition) is 18. The molecule has 2 unspecified atom stereocenters. The Bertz CT molecular complexity index is 1980. The zero-order chi connectivity index (χ0) is 55.1.